The van der Waals surface area contributed by atoms with E-state index in [1.54, 1.807) is 0 Å². The normalized spacial score (nSPS) is 11.5. The third kappa shape index (κ3) is 14.9. The van der Waals surface area contributed by atoms with E-state index in [1.165, 1.54) is 263 Å². The monoisotopic (exact) mass is 1750 g/mol. The highest BCUT2D eigenvalue weighted by Crippen LogP contribution is 2.52. The molecule has 0 saturated heterocycles. The van der Waals surface area contributed by atoms with Crippen LogP contribution in [0.5, 0.6) is 0 Å². The molecule has 0 aliphatic heterocycles. The van der Waals surface area contributed by atoms with Crippen LogP contribution in [-0.2, 0) is 0 Å². The van der Waals surface area contributed by atoms with E-state index in [4.69, 9.17) is 0 Å². The number of hydrogen-bond acceptors (Lipinski definition) is 0. The molecule has 27 rings (SSSR count). The van der Waals surface area contributed by atoms with Crippen LogP contribution >= 0.6 is 0 Å². The van der Waals surface area contributed by atoms with Gasteiger partial charge >= 0.3 is 0 Å². The quantitative estimate of drug-likeness (QED) is 0.107. The van der Waals surface area contributed by atoms with Gasteiger partial charge in [-0.3, -0.25) is 0 Å². The molecule has 0 spiro atoms. The molecule has 27 aromatic carbocycles. The Morgan fingerprint density at radius 3 is 0.681 bits per heavy atom. The largest absolute Gasteiger partial charge is 0.0622 e. The maximum absolute atomic E-state index is 2.37. The lowest BCUT2D eigenvalue weighted by Gasteiger charge is -2.20. The molecule has 0 saturated carbocycles. The molecule has 0 unspecified atom stereocenters. The molecule has 0 bridgehead atoms. The molecule has 0 aromatic heterocycles. The molecule has 0 fully saturated rings. The van der Waals surface area contributed by atoms with Crippen LogP contribution in [-0.4, -0.2) is 0 Å². The number of fused-ring (bicyclic) bond motifs is 12. The molecular formula is C138H90. The average molecular weight is 1750 g/mol. The van der Waals surface area contributed by atoms with Gasteiger partial charge in [-0.25, -0.2) is 0 Å². The Hall–Kier alpha value is -17.9. The summed E-state index contributed by atoms with van der Waals surface area (Å²) in [5.74, 6) is 0. The van der Waals surface area contributed by atoms with Crippen LogP contribution in [0.2, 0.25) is 0 Å². The zero-order valence-corrected chi connectivity index (χ0v) is 76.0. The van der Waals surface area contributed by atoms with E-state index in [1.807, 2.05) is 0 Å². The van der Waals surface area contributed by atoms with Crippen molar-refractivity contribution in [1.82, 2.24) is 0 Å². The van der Waals surface area contributed by atoms with Crippen LogP contribution in [0.3, 0.4) is 0 Å². The molecule has 642 valence electrons. The van der Waals surface area contributed by atoms with Crippen molar-refractivity contribution in [2.24, 2.45) is 0 Å². The van der Waals surface area contributed by atoms with Gasteiger partial charge in [-0.1, -0.05) is 510 Å². The van der Waals surface area contributed by atoms with Crippen molar-refractivity contribution in [3.63, 3.8) is 0 Å². The summed E-state index contributed by atoms with van der Waals surface area (Å²) in [6, 6.07) is 200. The molecule has 0 amide bonds. The lowest BCUT2D eigenvalue weighted by Crippen LogP contribution is -1.93. The van der Waals surface area contributed by atoms with Crippen molar-refractivity contribution in [2.75, 3.05) is 0 Å². The lowest BCUT2D eigenvalue weighted by atomic mass is 9.82. The lowest BCUT2D eigenvalue weighted by molar-refractivity contribution is 1.62. The minimum absolute atomic E-state index is 1.22. The van der Waals surface area contributed by atoms with E-state index in [0.29, 0.717) is 0 Å². The number of benzene rings is 27. The Morgan fingerprint density at radius 2 is 0.290 bits per heavy atom. The van der Waals surface area contributed by atoms with Gasteiger partial charge in [0.1, 0.15) is 0 Å². The van der Waals surface area contributed by atoms with Gasteiger partial charge in [-0.15, -0.1) is 0 Å². The summed E-state index contributed by atoms with van der Waals surface area (Å²) in [4.78, 5) is 0. The van der Waals surface area contributed by atoms with E-state index in [9.17, 15) is 0 Å². The molecule has 0 radical (unpaired) electrons. The minimum atomic E-state index is 1.22. The van der Waals surface area contributed by atoms with Crippen LogP contribution in [0, 0.1) is 0 Å². The maximum atomic E-state index is 2.37. The summed E-state index contributed by atoms with van der Waals surface area (Å²) in [5.41, 5.74) is 30.0. The van der Waals surface area contributed by atoms with Crippen LogP contribution in [0.15, 0.2) is 546 Å². The maximum Gasteiger partial charge on any atom is -0.00201 e. The fourth-order valence-corrected chi connectivity index (χ4v) is 21.9. The molecule has 27 aromatic rings. The van der Waals surface area contributed by atoms with E-state index in [0.717, 1.165) is 0 Å². The first-order valence-electron chi connectivity index (χ1n) is 47.8. The van der Waals surface area contributed by atoms with Crippen LogP contribution in [0.1, 0.15) is 0 Å². The third-order valence-electron chi connectivity index (χ3n) is 28.3. The van der Waals surface area contributed by atoms with E-state index in [-0.39, 0.29) is 0 Å². The third-order valence-corrected chi connectivity index (χ3v) is 28.3. The summed E-state index contributed by atoms with van der Waals surface area (Å²) in [5, 5.41) is 30.3. The second-order valence-electron chi connectivity index (χ2n) is 36.2. The van der Waals surface area contributed by atoms with Gasteiger partial charge in [0, 0.05) is 0 Å². The highest BCUT2D eigenvalue weighted by Gasteiger charge is 2.25. The summed E-state index contributed by atoms with van der Waals surface area (Å²) in [7, 11) is 0. The van der Waals surface area contributed by atoms with Gasteiger partial charge < -0.3 is 0 Å². The summed E-state index contributed by atoms with van der Waals surface area (Å²) < 4.78 is 0. The van der Waals surface area contributed by atoms with E-state index in [2.05, 4.69) is 546 Å². The Labute approximate surface area is 802 Å². The predicted molar refractivity (Wildman–Crippen MR) is 595 cm³/mol. The Bertz CT molecular complexity index is 9260. The van der Waals surface area contributed by atoms with Crippen molar-refractivity contribution >= 4 is 129 Å². The topological polar surface area (TPSA) is 0 Å². The molecule has 0 heteroatoms. The second kappa shape index (κ2) is 35.5. The van der Waals surface area contributed by atoms with Gasteiger partial charge in [0.25, 0.3) is 0 Å². The second-order valence-corrected chi connectivity index (χ2v) is 36.2. The molecule has 0 nitrogen and oxygen atoms in total. The molecule has 0 atom stereocenters. The summed E-state index contributed by atoms with van der Waals surface area (Å²) in [6.45, 7) is 0. The zero-order chi connectivity index (χ0) is 91.4. The zero-order valence-electron chi connectivity index (χ0n) is 76.0. The number of rotatable bonds is 12. The van der Waals surface area contributed by atoms with Crippen molar-refractivity contribution in [3.8, 4) is 134 Å². The number of hydrogen-bond donors (Lipinski definition) is 0. The highest BCUT2D eigenvalue weighted by molar-refractivity contribution is 6.28. The van der Waals surface area contributed by atoms with Crippen molar-refractivity contribution in [2.45, 2.75) is 0 Å². The first-order valence-corrected chi connectivity index (χ1v) is 47.8. The van der Waals surface area contributed by atoms with Gasteiger partial charge in [0.05, 0.1) is 0 Å². The standard InChI is InChI=1S/3C46H30/c1-2-12-31(13-3-1)36-29-26-33-16-11-23-43(44(33)30-36)46-41-20-8-6-18-39(41)45(40-19-7-9-21-42(40)46)35-27-24-34(25-28-35)38-22-10-15-32-14-4-5-17-37(32)38;1-2-12-31(13-3-1)37-27-25-33-16-11-23-43(44(33)30-37)46-41-21-8-6-19-39(41)45(40-20-7-9-22-42(40)46)38-18-10-17-35(29-38)36-26-24-32-14-4-5-15-34(32)28-36;1-2-13-31(14-3-1)35-27-26-33-17-12-24-43(44(33)30-35)46-41-22-10-8-20-39(41)45(40-21-9-11-23-42(40)46)38-19-7-6-18-37(38)36-28-25-32-15-4-5-16-34(32)29-36/h3*1-30H. The van der Waals surface area contributed by atoms with E-state index >= 15 is 0 Å². The Morgan fingerprint density at radius 1 is 0.0725 bits per heavy atom. The summed E-state index contributed by atoms with van der Waals surface area (Å²) >= 11 is 0. The molecule has 0 N–H and O–H groups in total. The fourth-order valence-electron chi connectivity index (χ4n) is 21.9. The first-order chi connectivity index (χ1) is 68.5. The van der Waals surface area contributed by atoms with Crippen LogP contribution < -0.4 is 0 Å². The molecular weight excluding hydrogens is 1660 g/mol. The van der Waals surface area contributed by atoms with Gasteiger partial charge in [0.2, 0.25) is 0 Å². The predicted octanol–water partition coefficient (Wildman–Crippen LogP) is 38.9. The van der Waals surface area contributed by atoms with Gasteiger partial charge in [0.15, 0.2) is 0 Å². The molecule has 0 aliphatic rings. The summed E-state index contributed by atoms with van der Waals surface area (Å²) in [6.07, 6.45) is 0. The fraction of sp³-hybridized carbons (Fsp3) is 0. The average Bonchev–Trinajstić information content (AvgIpc) is 0.734. The van der Waals surface area contributed by atoms with Crippen molar-refractivity contribution in [1.29, 1.82) is 0 Å². The Kier molecular flexibility index (Phi) is 21.1. The van der Waals surface area contributed by atoms with Crippen LogP contribution in [0.25, 0.3) is 263 Å². The molecule has 0 aliphatic carbocycles. The van der Waals surface area contributed by atoms with Crippen LogP contribution in [0.4, 0.5) is 0 Å². The van der Waals surface area contributed by atoms with Gasteiger partial charge in [-0.05, 0) is 299 Å². The Balaban J connectivity index is 0.000000110. The molecule has 138 heavy (non-hydrogen) atoms. The van der Waals surface area contributed by atoms with E-state index < -0.39 is 0 Å². The molecule has 0 heterocycles. The minimum Gasteiger partial charge on any atom is -0.0622 e. The highest BCUT2D eigenvalue weighted by atomic mass is 14.3. The van der Waals surface area contributed by atoms with Gasteiger partial charge in [-0.2, -0.15) is 0 Å². The van der Waals surface area contributed by atoms with Crippen molar-refractivity contribution in [3.05, 3.63) is 546 Å². The first kappa shape index (κ1) is 82.0. The SMILES string of the molecule is c1ccc(-c2ccc3cccc(-c4c5ccccc5c(-c5ccc(-c6cccc7ccccc67)cc5)c5ccccc45)c3c2)cc1.c1ccc(-c2ccc3cccc(-c4c5ccccc5c(-c5cccc(-c6ccc7ccccc7c6)c5)c5ccccc45)c3c2)cc1.c1ccc(-c2ccc3cccc(-c4c5ccccc5c(-c5ccccc5-c5ccc6ccccc6c5)c5ccccc45)c3c2)cc1. The van der Waals surface area contributed by atoms with Crippen molar-refractivity contribution < 1.29 is 0 Å². The smallest absolute Gasteiger partial charge is 0.00201 e.